The summed E-state index contributed by atoms with van der Waals surface area (Å²) in [5, 5.41) is 8.81. The Bertz CT molecular complexity index is 127. The number of hydrogen-bond donors (Lipinski definition) is 3. The van der Waals surface area contributed by atoms with E-state index in [4.69, 9.17) is 0 Å². The van der Waals surface area contributed by atoms with Crippen LogP contribution in [0, 0.1) is 0 Å². The fraction of sp³-hybridized carbons (Fsp3) is 0.909. The van der Waals surface area contributed by atoms with Crippen LogP contribution in [0.15, 0.2) is 0 Å². The average Bonchev–Trinajstić information content (AvgIpc) is 2.26. The fourth-order valence-electron chi connectivity index (χ4n) is 0.868. The molecule has 92 valence electrons. The molecule has 0 radical (unpaired) electrons. The molecule has 0 spiro atoms. The van der Waals surface area contributed by atoms with Crippen molar-refractivity contribution in [3.8, 4) is 0 Å². The summed E-state index contributed by atoms with van der Waals surface area (Å²) in [4.78, 5) is 10.6. The summed E-state index contributed by atoms with van der Waals surface area (Å²) in [6, 6.07) is 0. The van der Waals surface area contributed by atoms with Gasteiger partial charge in [-0.1, -0.05) is 13.8 Å². The third-order valence-corrected chi connectivity index (χ3v) is 1.75. The number of rotatable bonds is 7. The molecule has 4 heteroatoms. The molecule has 0 aromatic rings. The van der Waals surface area contributed by atoms with E-state index in [9.17, 15) is 4.79 Å². The summed E-state index contributed by atoms with van der Waals surface area (Å²) in [6.07, 6.45) is 2.82. The molecule has 0 aromatic carbocycles. The van der Waals surface area contributed by atoms with Gasteiger partial charge in [-0.25, -0.2) is 0 Å². The van der Waals surface area contributed by atoms with Crippen LogP contribution < -0.4 is 16.0 Å². The van der Waals surface area contributed by atoms with Crippen molar-refractivity contribution in [3.05, 3.63) is 0 Å². The average molecular weight is 217 g/mol. The van der Waals surface area contributed by atoms with Crippen molar-refractivity contribution in [2.45, 2.75) is 33.1 Å². The van der Waals surface area contributed by atoms with Crippen LogP contribution in [0.25, 0.3) is 0 Å². The standard InChI is InChI=1S/C7H16N2O.C4H11N/c1-3-7(10)9-6-4-5-8-2;1-3-4-5-2/h8H,3-6H2,1-2H3,(H,9,10);5H,3-4H2,1-2H3. The topological polar surface area (TPSA) is 53.2 Å². The molecule has 0 heterocycles. The van der Waals surface area contributed by atoms with Gasteiger partial charge in [-0.2, -0.15) is 0 Å². The lowest BCUT2D eigenvalue weighted by atomic mass is 10.4. The normalized spacial score (nSPS) is 9.07. The summed E-state index contributed by atoms with van der Waals surface area (Å²) >= 11 is 0. The van der Waals surface area contributed by atoms with Crippen LogP contribution in [0.5, 0.6) is 0 Å². The van der Waals surface area contributed by atoms with Crippen LogP contribution in [0.1, 0.15) is 33.1 Å². The van der Waals surface area contributed by atoms with Crippen LogP contribution >= 0.6 is 0 Å². The molecule has 0 aliphatic rings. The zero-order valence-corrected chi connectivity index (χ0v) is 10.7. The van der Waals surface area contributed by atoms with Crippen molar-refractivity contribution >= 4 is 5.91 Å². The first-order valence-corrected chi connectivity index (χ1v) is 5.78. The highest BCUT2D eigenvalue weighted by Gasteiger charge is 1.92. The van der Waals surface area contributed by atoms with E-state index in [2.05, 4.69) is 22.9 Å². The Morgan fingerprint density at radius 2 is 1.60 bits per heavy atom. The van der Waals surface area contributed by atoms with Gasteiger partial charge in [-0.3, -0.25) is 4.79 Å². The molecule has 0 unspecified atom stereocenters. The number of nitrogens with one attached hydrogen (secondary N) is 3. The Balaban J connectivity index is 0. The second-order valence-corrected chi connectivity index (χ2v) is 3.26. The first-order chi connectivity index (χ1) is 7.22. The Labute approximate surface area is 94.2 Å². The molecule has 4 nitrogen and oxygen atoms in total. The van der Waals surface area contributed by atoms with Gasteiger partial charge < -0.3 is 16.0 Å². The van der Waals surface area contributed by atoms with Gasteiger partial charge >= 0.3 is 0 Å². The highest BCUT2D eigenvalue weighted by atomic mass is 16.1. The Kier molecular flexibility index (Phi) is 17.8. The molecule has 0 fully saturated rings. The molecule has 15 heavy (non-hydrogen) atoms. The maximum Gasteiger partial charge on any atom is 0.219 e. The molecule has 0 atom stereocenters. The minimum absolute atomic E-state index is 0.135. The Hall–Kier alpha value is -0.610. The van der Waals surface area contributed by atoms with Crippen LogP contribution in [-0.2, 0) is 4.79 Å². The quantitative estimate of drug-likeness (QED) is 0.551. The summed E-state index contributed by atoms with van der Waals surface area (Å²) in [5.41, 5.74) is 0. The number of carbonyl (C=O) groups is 1. The lowest BCUT2D eigenvalue weighted by Crippen LogP contribution is -2.25. The molecule has 0 aromatic heterocycles. The summed E-state index contributed by atoms with van der Waals surface area (Å²) in [7, 11) is 3.87. The van der Waals surface area contributed by atoms with Gasteiger partial charge in [0.15, 0.2) is 0 Å². The minimum atomic E-state index is 0.135. The second-order valence-electron chi connectivity index (χ2n) is 3.26. The second kappa shape index (κ2) is 15.8. The maximum atomic E-state index is 10.6. The van der Waals surface area contributed by atoms with Crippen molar-refractivity contribution in [1.82, 2.24) is 16.0 Å². The summed E-state index contributed by atoms with van der Waals surface area (Å²) in [5.74, 6) is 0.135. The largest absolute Gasteiger partial charge is 0.356 e. The molecule has 0 aliphatic carbocycles. The van der Waals surface area contributed by atoms with E-state index < -0.39 is 0 Å². The van der Waals surface area contributed by atoms with E-state index in [0.717, 1.165) is 26.1 Å². The first kappa shape index (κ1) is 16.8. The molecule has 1 amide bonds. The van der Waals surface area contributed by atoms with E-state index in [1.807, 2.05) is 21.0 Å². The lowest BCUT2D eigenvalue weighted by Gasteiger charge is -2.01. The van der Waals surface area contributed by atoms with Gasteiger partial charge in [0.05, 0.1) is 0 Å². The van der Waals surface area contributed by atoms with E-state index in [0.29, 0.717) is 6.42 Å². The molecular weight excluding hydrogens is 190 g/mol. The predicted octanol–water partition coefficient (Wildman–Crippen LogP) is 0.738. The molecule has 0 aliphatic heterocycles. The Morgan fingerprint density at radius 1 is 1.00 bits per heavy atom. The molecule has 0 saturated heterocycles. The van der Waals surface area contributed by atoms with Gasteiger partial charge in [-0.15, -0.1) is 0 Å². The summed E-state index contributed by atoms with van der Waals surface area (Å²) < 4.78 is 0. The highest BCUT2D eigenvalue weighted by Crippen LogP contribution is 1.76. The minimum Gasteiger partial charge on any atom is -0.356 e. The van der Waals surface area contributed by atoms with E-state index in [1.54, 1.807) is 0 Å². The van der Waals surface area contributed by atoms with Crippen molar-refractivity contribution in [2.24, 2.45) is 0 Å². The van der Waals surface area contributed by atoms with E-state index in [-0.39, 0.29) is 5.91 Å². The number of hydrogen-bond acceptors (Lipinski definition) is 3. The molecular formula is C11H27N3O. The van der Waals surface area contributed by atoms with Crippen molar-refractivity contribution in [2.75, 3.05) is 33.7 Å². The van der Waals surface area contributed by atoms with Gasteiger partial charge in [0.1, 0.15) is 0 Å². The SMILES string of the molecule is CCC(=O)NCCCNC.CCCNC. The zero-order valence-electron chi connectivity index (χ0n) is 10.7. The van der Waals surface area contributed by atoms with Gasteiger partial charge in [0.2, 0.25) is 5.91 Å². The monoisotopic (exact) mass is 217 g/mol. The molecule has 3 N–H and O–H groups in total. The number of amides is 1. The first-order valence-electron chi connectivity index (χ1n) is 5.78. The van der Waals surface area contributed by atoms with Crippen LogP contribution in [0.3, 0.4) is 0 Å². The third-order valence-electron chi connectivity index (χ3n) is 1.75. The maximum absolute atomic E-state index is 10.6. The van der Waals surface area contributed by atoms with Crippen LogP contribution in [0.2, 0.25) is 0 Å². The molecule has 0 saturated carbocycles. The predicted molar refractivity (Wildman–Crippen MR) is 66.1 cm³/mol. The zero-order chi connectivity index (χ0) is 11.9. The van der Waals surface area contributed by atoms with E-state index in [1.165, 1.54) is 6.42 Å². The van der Waals surface area contributed by atoms with Crippen LogP contribution in [0.4, 0.5) is 0 Å². The highest BCUT2D eigenvalue weighted by molar-refractivity contribution is 5.75. The smallest absolute Gasteiger partial charge is 0.219 e. The van der Waals surface area contributed by atoms with E-state index >= 15 is 0 Å². The number of carbonyl (C=O) groups excluding carboxylic acids is 1. The molecule has 0 rings (SSSR count). The fourth-order valence-corrected chi connectivity index (χ4v) is 0.868. The van der Waals surface area contributed by atoms with Gasteiger partial charge in [-0.05, 0) is 40.0 Å². The summed E-state index contributed by atoms with van der Waals surface area (Å²) in [6.45, 7) is 6.89. The Morgan fingerprint density at radius 3 is 1.93 bits per heavy atom. The van der Waals surface area contributed by atoms with Crippen molar-refractivity contribution in [3.63, 3.8) is 0 Å². The third kappa shape index (κ3) is 19.7. The van der Waals surface area contributed by atoms with Gasteiger partial charge in [0.25, 0.3) is 0 Å². The van der Waals surface area contributed by atoms with Crippen molar-refractivity contribution < 1.29 is 4.79 Å². The van der Waals surface area contributed by atoms with Gasteiger partial charge in [0, 0.05) is 13.0 Å². The lowest BCUT2D eigenvalue weighted by molar-refractivity contribution is -0.120. The van der Waals surface area contributed by atoms with Crippen LogP contribution in [-0.4, -0.2) is 39.6 Å². The van der Waals surface area contributed by atoms with Crippen molar-refractivity contribution in [1.29, 1.82) is 0 Å². The molecule has 0 bridgehead atoms.